The fourth-order valence-corrected chi connectivity index (χ4v) is 2.35. The zero-order valence-corrected chi connectivity index (χ0v) is 11.8. The van der Waals surface area contributed by atoms with E-state index < -0.39 is 11.8 Å². The number of ether oxygens (including phenoxy) is 1. The van der Waals surface area contributed by atoms with Gasteiger partial charge in [0, 0.05) is 5.56 Å². The number of nitrogens with zero attached hydrogens (tertiary/aromatic N) is 1. The molecular formula is C16H13FN2O3. The molecule has 0 radical (unpaired) electrons. The van der Waals surface area contributed by atoms with Crippen LogP contribution in [0.1, 0.15) is 15.9 Å². The molecule has 0 atom stereocenters. The van der Waals surface area contributed by atoms with E-state index >= 15 is 0 Å². The number of esters is 1. The first-order valence-corrected chi connectivity index (χ1v) is 6.64. The van der Waals surface area contributed by atoms with Gasteiger partial charge in [-0.05, 0) is 24.3 Å². The fourth-order valence-electron chi connectivity index (χ4n) is 2.35. The number of aromatic nitrogens is 2. The van der Waals surface area contributed by atoms with E-state index in [9.17, 15) is 14.0 Å². The molecule has 112 valence electrons. The molecule has 0 unspecified atom stereocenters. The Balaban J connectivity index is 2.00. The highest BCUT2D eigenvalue weighted by Crippen LogP contribution is 2.15. The van der Waals surface area contributed by atoms with Crippen molar-refractivity contribution >= 4 is 17.0 Å². The van der Waals surface area contributed by atoms with Gasteiger partial charge in [0.15, 0.2) is 0 Å². The number of halogens is 1. The van der Waals surface area contributed by atoms with Crippen molar-refractivity contribution in [1.29, 1.82) is 0 Å². The molecule has 0 aliphatic carbocycles. The third-order valence-electron chi connectivity index (χ3n) is 3.48. The van der Waals surface area contributed by atoms with Crippen molar-refractivity contribution in [3.8, 4) is 0 Å². The molecular weight excluding hydrogens is 287 g/mol. The first kappa shape index (κ1) is 14.1. The van der Waals surface area contributed by atoms with Gasteiger partial charge in [-0.15, -0.1) is 0 Å². The fraction of sp³-hybridized carbons (Fsp3) is 0.125. The largest absolute Gasteiger partial charge is 0.465 e. The molecule has 0 spiro atoms. The second-order valence-corrected chi connectivity index (χ2v) is 4.83. The number of nitrogens with one attached hydrogen (secondary N) is 1. The van der Waals surface area contributed by atoms with Crippen molar-refractivity contribution in [2.45, 2.75) is 6.54 Å². The minimum absolute atomic E-state index is 0.0795. The summed E-state index contributed by atoms with van der Waals surface area (Å²) in [5.41, 5.74) is 1.54. The molecule has 2 aromatic carbocycles. The summed E-state index contributed by atoms with van der Waals surface area (Å²) >= 11 is 0. The predicted molar refractivity (Wildman–Crippen MR) is 79.4 cm³/mol. The highest BCUT2D eigenvalue weighted by Gasteiger charge is 2.12. The molecule has 0 saturated carbocycles. The lowest BCUT2D eigenvalue weighted by atomic mass is 10.1. The topological polar surface area (TPSA) is 64.1 Å². The van der Waals surface area contributed by atoms with Crippen molar-refractivity contribution in [1.82, 2.24) is 9.55 Å². The standard InChI is InChI=1S/C16H13FN2O3/c1-22-15(20)10-6-7-11(12(17)8-10)9-19-14-5-3-2-4-13(14)18-16(19)21/h2-8H,9H2,1H3,(H,18,21). The molecule has 0 amide bonds. The summed E-state index contributed by atoms with van der Waals surface area (Å²) in [6.45, 7) is 0.0795. The van der Waals surface area contributed by atoms with Crippen LogP contribution in [-0.2, 0) is 11.3 Å². The number of para-hydroxylation sites is 2. The van der Waals surface area contributed by atoms with Crippen molar-refractivity contribution in [2.24, 2.45) is 0 Å². The first-order chi connectivity index (χ1) is 10.6. The number of hydrogen-bond donors (Lipinski definition) is 1. The highest BCUT2D eigenvalue weighted by molar-refractivity contribution is 5.89. The zero-order chi connectivity index (χ0) is 15.7. The van der Waals surface area contributed by atoms with Crippen LogP contribution in [0.4, 0.5) is 4.39 Å². The van der Waals surface area contributed by atoms with E-state index in [1.807, 2.05) is 12.1 Å². The van der Waals surface area contributed by atoms with Crippen molar-refractivity contribution in [2.75, 3.05) is 7.11 Å². The number of imidazole rings is 1. The van der Waals surface area contributed by atoms with Crippen LogP contribution in [0.3, 0.4) is 0 Å². The summed E-state index contributed by atoms with van der Waals surface area (Å²) in [6, 6.07) is 11.3. The molecule has 6 heteroatoms. The minimum atomic E-state index is -0.602. The Bertz CT molecular complexity index is 911. The molecule has 3 aromatic rings. The first-order valence-electron chi connectivity index (χ1n) is 6.64. The molecule has 1 N–H and O–H groups in total. The van der Waals surface area contributed by atoms with Gasteiger partial charge >= 0.3 is 11.7 Å². The summed E-state index contributed by atoms with van der Waals surface area (Å²) in [7, 11) is 1.24. The molecule has 0 aliphatic heterocycles. The zero-order valence-electron chi connectivity index (χ0n) is 11.8. The van der Waals surface area contributed by atoms with Gasteiger partial charge < -0.3 is 9.72 Å². The van der Waals surface area contributed by atoms with E-state index in [4.69, 9.17) is 0 Å². The number of H-pyrrole nitrogens is 1. The Morgan fingerprint density at radius 2 is 2.05 bits per heavy atom. The molecule has 1 aromatic heterocycles. The maximum atomic E-state index is 14.1. The van der Waals surface area contributed by atoms with Gasteiger partial charge in [0.1, 0.15) is 5.82 Å². The van der Waals surface area contributed by atoms with Crippen LogP contribution in [0, 0.1) is 5.82 Å². The number of fused-ring (bicyclic) bond motifs is 1. The maximum Gasteiger partial charge on any atom is 0.337 e. The van der Waals surface area contributed by atoms with Crippen molar-refractivity contribution in [3.63, 3.8) is 0 Å². The number of carbonyl (C=O) groups is 1. The summed E-state index contributed by atoms with van der Waals surface area (Å²) in [5, 5.41) is 0. The second kappa shape index (κ2) is 5.48. The van der Waals surface area contributed by atoms with Crippen LogP contribution in [-0.4, -0.2) is 22.6 Å². The molecule has 1 heterocycles. The molecule has 5 nitrogen and oxygen atoms in total. The quantitative estimate of drug-likeness (QED) is 0.755. The number of hydrogen-bond acceptors (Lipinski definition) is 3. The summed E-state index contributed by atoms with van der Waals surface area (Å²) in [6.07, 6.45) is 0. The number of rotatable bonds is 3. The van der Waals surface area contributed by atoms with E-state index in [1.54, 1.807) is 12.1 Å². The monoisotopic (exact) mass is 300 g/mol. The summed E-state index contributed by atoms with van der Waals surface area (Å²) in [4.78, 5) is 26.1. The lowest BCUT2D eigenvalue weighted by Crippen LogP contribution is -2.18. The average molecular weight is 300 g/mol. The predicted octanol–water partition coefficient (Wildman–Crippen LogP) is 2.30. The summed E-state index contributed by atoms with van der Waals surface area (Å²) in [5.74, 6) is -1.16. The Kier molecular flexibility index (Phi) is 3.50. The molecule has 22 heavy (non-hydrogen) atoms. The maximum absolute atomic E-state index is 14.1. The van der Waals surface area contributed by atoms with E-state index in [2.05, 4.69) is 9.72 Å². The molecule has 3 rings (SSSR count). The van der Waals surface area contributed by atoms with Crippen molar-refractivity contribution in [3.05, 3.63) is 69.9 Å². The number of methoxy groups -OCH3 is 1. The SMILES string of the molecule is COC(=O)c1ccc(Cn2c(=O)[nH]c3ccccc32)c(F)c1. The van der Waals surface area contributed by atoms with Gasteiger partial charge in [-0.3, -0.25) is 4.57 Å². The molecule has 0 bridgehead atoms. The van der Waals surface area contributed by atoms with E-state index in [0.29, 0.717) is 16.6 Å². The lowest BCUT2D eigenvalue weighted by Gasteiger charge is -2.07. The van der Waals surface area contributed by atoms with Crippen LogP contribution in [0.2, 0.25) is 0 Å². The minimum Gasteiger partial charge on any atom is -0.465 e. The van der Waals surface area contributed by atoms with E-state index in [-0.39, 0.29) is 17.8 Å². The Labute approximate surface area is 125 Å². The smallest absolute Gasteiger partial charge is 0.337 e. The number of aromatic amines is 1. The lowest BCUT2D eigenvalue weighted by molar-refractivity contribution is 0.0600. The van der Waals surface area contributed by atoms with Crippen molar-refractivity contribution < 1.29 is 13.9 Å². The molecule has 0 aliphatic rings. The highest BCUT2D eigenvalue weighted by atomic mass is 19.1. The van der Waals surface area contributed by atoms with Gasteiger partial charge in [0.05, 0.1) is 30.3 Å². The molecule has 0 fully saturated rings. The Morgan fingerprint density at radius 3 is 2.77 bits per heavy atom. The third-order valence-corrected chi connectivity index (χ3v) is 3.48. The third kappa shape index (κ3) is 2.39. The van der Waals surface area contributed by atoms with Crippen LogP contribution in [0.5, 0.6) is 0 Å². The molecule has 0 saturated heterocycles. The van der Waals surface area contributed by atoms with Crippen LogP contribution >= 0.6 is 0 Å². The average Bonchev–Trinajstić information content (AvgIpc) is 2.84. The van der Waals surface area contributed by atoms with Crippen LogP contribution < -0.4 is 5.69 Å². The summed E-state index contributed by atoms with van der Waals surface area (Å²) < 4.78 is 20.1. The van der Waals surface area contributed by atoms with Gasteiger partial charge in [-0.1, -0.05) is 18.2 Å². The van der Waals surface area contributed by atoms with Crippen LogP contribution in [0.15, 0.2) is 47.3 Å². The number of carbonyl (C=O) groups excluding carboxylic acids is 1. The van der Waals surface area contributed by atoms with E-state index in [0.717, 1.165) is 6.07 Å². The van der Waals surface area contributed by atoms with Gasteiger partial charge in [-0.25, -0.2) is 14.0 Å². The Morgan fingerprint density at radius 1 is 1.27 bits per heavy atom. The Hall–Kier alpha value is -2.89. The van der Waals surface area contributed by atoms with Crippen LogP contribution in [0.25, 0.3) is 11.0 Å². The normalized spacial score (nSPS) is 10.8. The van der Waals surface area contributed by atoms with Gasteiger partial charge in [0.2, 0.25) is 0 Å². The van der Waals surface area contributed by atoms with Gasteiger partial charge in [0.25, 0.3) is 0 Å². The van der Waals surface area contributed by atoms with E-state index in [1.165, 1.54) is 23.8 Å². The van der Waals surface area contributed by atoms with Gasteiger partial charge in [-0.2, -0.15) is 0 Å². The second-order valence-electron chi connectivity index (χ2n) is 4.83. The number of benzene rings is 2.